The molecule has 0 bridgehead atoms. The molecule has 1 aromatic rings. The van der Waals surface area contributed by atoms with E-state index in [1.807, 2.05) is 24.3 Å². The minimum absolute atomic E-state index is 0.0449. The van der Waals surface area contributed by atoms with Crippen LogP contribution in [0.2, 0.25) is 0 Å². The average Bonchev–Trinajstić information content (AvgIpc) is 3.15. The molecule has 208 valence electrons. The molecule has 4 aliphatic carbocycles. The first-order chi connectivity index (χ1) is 17.8. The summed E-state index contributed by atoms with van der Waals surface area (Å²) >= 11 is 0. The summed E-state index contributed by atoms with van der Waals surface area (Å²) in [5, 5.41) is 20.2. The van der Waals surface area contributed by atoms with Gasteiger partial charge in [0.05, 0.1) is 19.8 Å². The van der Waals surface area contributed by atoms with Gasteiger partial charge in [0.2, 0.25) is 0 Å². The summed E-state index contributed by atoms with van der Waals surface area (Å²) in [6.45, 7) is 1.77. The van der Waals surface area contributed by atoms with Gasteiger partial charge < -0.3 is 14.9 Å². The quantitative estimate of drug-likeness (QED) is 0.342. The van der Waals surface area contributed by atoms with Crippen molar-refractivity contribution in [2.45, 2.75) is 82.1 Å². The Kier molecular flexibility index (Phi) is 6.88. The van der Waals surface area contributed by atoms with E-state index in [1.54, 1.807) is 6.08 Å². The molecular formula is C29H33F5O4. The van der Waals surface area contributed by atoms with Crippen molar-refractivity contribution >= 4 is 5.78 Å². The van der Waals surface area contributed by atoms with Gasteiger partial charge in [0.25, 0.3) is 0 Å². The van der Waals surface area contributed by atoms with E-state index in [0.29, 0.717) is 25.7 Å². The number of benzene rings is 1. The van der Waals surface area contributed by atoms with E-state index in [0.717, 1.165) is 27.8 Å². The predicted molar refractivity (Wildman–Crippen MR) is 129 cm³/mol. The second-order valence-corrected chi connectivity index (χ2v) is 11.5. The fourth-order valence-corrected chi connectivity index (χ4v) is 7.82. The van der Waals surface area contributed by atoms with Crippen LogP contribution in [0.15, 0.2) is 47.1 Å². The number of hydrogen-bond donors (Lipinski definition) is 2. The van der Waals surface area contributed by atoms with Crippen LogP contribution in [0, 0.1) is 17.3 Å². The van der Waals surface area contributed by atoms with Crippen LogP contribution in [0.4, 0.5) is 22.0 Å². The molecular weight excluding hydrogens is 507 g/mol. The first-order valence-corrected chi connectivity index (χ1v) is 13.2. The van der Waals surface area contributed by atoms with Crippen molar-refractivity contribution < 1.29 is 41.7 Å². The number of carbonyl (C=O) groups excluding carboxylic acids is 1. The van der Waals surface area contributed by atoms with Crippen LogP contribution in [0.5, 0.6) is 0 Å². The monoisotopic (exact) mass is 540 g/mol. The van der Waals surface area contributed by atoms with Crippen molar-refractivity contribution in [1.29, 1.82) is 0 Å². The van der Waals surface area contributed by atoms with E-state index >= 15 is 8.78 Å². The van der Waals surface area contributed by atoms with Gasteiger partial charge in [0, 0.05) is 17.8 Å². The first kappa shape index (κ1) is 27.5. The second-order valence-electron chi connectivity index (χ2n) is 11.5. The topological polar surface area (TPSA) is 66.8 Å². The van der Waals surface area contributed by atoms with Gasteiger partial charge in [-0.15, -0.1) is 0 Å². The number of alkyl halides is 5. The minimum Gasteiger partial charge on any atom is -0.394 e. The Hall–Kier alpha value is -2.10. The van der Waals surface area contributed by atoms with Crippen molar-refractivity contribution in [3.8, 4) is 0 Å². The molecule has 2 saturated carbocycles. The number of ether oxygens (including phenoxy) is 1. The van der Waals surface area contributed by atoms with Crippen LogP contribution in [-0.4, -0.2) is 46.9 Å². The maximum atomic E-state index is 15.0. The Morgan fingerprint density at radius 1 is 1.05 bits per heavy atom. The SMILES string of the molecule is C[C@]12C[C@H](c3ccc(COCCO)cc3)C3=C4CCC(=O)C=C4CCC3C1CC[C@@]2(O)C(F)(F)C(F)(F)F. The van der Waals surface area contributed by atoms with Crippen LogP contribution in [0.1, 0.15) is 68.9 Å². The average molecular weight is 541 g/mol. The fraction of sp³-hybridized carbons (Fsp3) is 0.621. The maximum Gasteiger partial charge on any atom is 0.456 e. The highest BCUT2D eigenvalue weighted by molar-refractivity contribution is 5.93. The lowest BCUT2D eigenvalue weighted by atomic mass is 9.50. The lowest BCUT2D eigenvalue weighted by Crippen LogP contribution is -2.65. The summed E-state index contributed by atoms with van der Waals surface area (Å²) in [5.41, 5.74) is -0.226. The predicted octanol–water partition coefficient (Wildman–Crippen LogP) is 6.02. The summed E-state index contributed by atoms with van der Waals surface area (Å²) in [7, 11) is 0. The van der Waals surface area contributed by atoms with Gasteiger partial charge in [-0.2, -0.15) is 22.0 Å². The molecule has 0 aromatic heterocycles. The molecule has 0 spiro atoms. The third-order valence-corrected chi connectivity index (χ3v) is 9.65. The Labute approximate surface area is 218 Å². The Morgan fingerprint density at radius 3 is 2.42 bits per heavy atom. The molecule has 2 fully saturated rings. The molecule has 2 N–H and O–H groups in total. The van der Waals surface area contributed by atoms with Gasteiger partial charge in [0.15, 0.2) is 5.78 Å². The summed E-state index contributed by atoms with van der Waals surface area (Å²) in [6, 6.07) is 7.35. The number of aliphatic hydroxyl groups is 2. The molecule has 4 nitrogen and oxygen atoms in total. The number of allylic oxidation sites excluding steroid dienone is 4. The molecule has 4 aliphatic rings. The van der Waals surface area contributed by atoms with Gasteiger partial charge in [-0.1, -0.05) is 36.8 Å². The number of aliphatic hydroxyl groups excluding tert-OH is 1. The molecule has 0 aliphatic heterocycles. The van der Waals surface area contributed by atoms with Crippen molar-refractivity contribution in [2.24, 2.45) is 17.3 Å². The number of halogens is 5. The van der Waals surface area contributed by atoms with Crippen LogP contribution in [0.25, 0.3) is 0 Å². The van der Waals surface area contributed by atoms with Crippen molar-refractivity contribution in [1.82, 2.24) is 0 Å². The van der Waals surface area contributed by atoms with Gasteiger partial charge in [-0.3, -0.25) is 4.79 Å². The van der Waals surface area contributed by atoms with Crippen molar-refractivity contribution in [3.63, 3.8) is 0 Å². The molecule has 0 amide bonds. The Morgan fingerprint density at radius 2 is 1.76 bits per heavy atom. The molecule has 0 heterocycles. The number of carbonyl (C=O) groups is 1. The molecule has 0 saturated heterocycles. The highest BCUT2D eigenvalue weighted by Gasteiger charge is 2.79. The minimum atomic E-state index is -5.86. The molecule has 38 heavy (non-hydrogen) atoms. The van der Waals surface area contributed by atoms with Crippen molar-refractivity contribution in [3.05, 3.63) is 58.2 Å². The highest BCUT2D eigenvalue weighted by Crippen LogP contribution is 2.70. The fourth-order valence-electron chi connectivity index (χ4n) is 7.82. The van der Waals surface area contributed by atoms with E-state index in [-0.39, 0.29) is 44.4 Å². The molecule has 9 heteroatoms. The zero-order valence-corrected chi connectivity index (χ0v) is 21.3. The van der Waals surface area contributed by atoms with E-state index in [1.165, 1.54) is 6.92 Å². The molecule has 2 unspecified atom stereocenters. The van der Waals surface area contributed by atoms with Crippen LogP contribution in [0.3, 0.4) is 0 Å². The molecule has 5 rings (SSSR count). The van der Waals surface area contributed by atoms with Gasteiger partial charge in [-0.05, 0) is 78.7 Å². The van der Waals surface area contributed by atoms with Crippen LogP contribution < -0.4 is 0 Å². The highest BCUT2D eigenvalue weighted by atomic mass is 19.4. The lowest BCUT2D eigenvalue weighted by Gasteiger charge is -2.56. The smallest absolute Gasteiger partial charge is 0.394 e. The Balaban J connectivity index is 1.61. The van der Waals surface area contributed by atoms with Gasteiger partial charge >= 0.3 is 12.1 Å². The number of ketones is 1. The molecule has 1 aromatic carbocycles. The summed E-state index contributed by atoms with van der Waals surface area (Å²) in [5.74, 6) is -6.43. The van der Waals surface area contributed by atoms with Crippen LogP contribution >= 0.6 is 0 Å². The third-order valence-electron chi connectivity index (χ3n) is 9.65. The number of fused-ring (bicyclic) bond motifs is 4. The maximum absolute atomic E-state index is 15.0. The standard InChI is InChI=1S/C29H33F5O4/c1-26-15-23(18-4-2-17(3-5-18)16-38-13-12-35)25-21-9-7-20(36)14-19(21)6-8-22(25)24(26)10-11-27(26,37)28(30,31)29(32,33)34/h2-5,14,22-24,35,37H,6-13,15-16H2,1H3/t22?,23-,24?,26+,27+/m1/s1. The molecule has 5 atom stereocenters. The normalized spacial score (nSPS) is 33.5. The second kappa shape index (κ2) is 9.52. The van der Waals surface area contributed by atoms with E-state index in [2.05, 4.69) is 0 Å². The zero-order chi connectivity index (χ0) is 27.5. The third kappa shape index (κ3) is 4.07. The first-order valence-electron chi connectivity index (χ1n) is 13.2. The summed E-state index contributed by atoms with van der Waals surface area (Å²) in [4.78, 5) is 12.1. The van der Waals surface area contributed by atoms with Crippen molar-refractivity contribution in [2.75, 3.05) is 13.2 Å². The van der Waals surface area contributed by atoms with E-state index in [4.69, 9.17) is 9.84 Å². The van der Waals surface area contributed by atoms with Crippen LogP contribution in [-0.2, 0) is 16.1 Å². The van der Waals surface area contributed by atoms with E-state index in [9.17, 15) is 23.1 Å². The zero-order valence-electron chi connectivity index (χ0n) is 21.3. The van der Waals surface area contributed by atoms with Gasteiger partial charge in [-0.25, -0.2) is 0 Å². The summed E-state index contributed by atoms with van der Waals surface area (Å²) < 4.78 is 76.4. The largest absolute Gasteiger partial charge is 0.456 e. The van der Waals surface area contributed by atoms with Gasteiger partial charge in [0.1, 0.15) is 5.60 Å². The summed E-state index contributed by atoms with van der Waals surface area (Å²) in [6.07, 6.45) is -2.77. The van der Waals surface area contributed by atoms with E-state index < -0.39 is 41.4 Å². The number of rotatable bonds is 6. The lowest BCUT2D eigenvalue weighted by molar-refractivity contribution is -0.362. The number of hydrogen-bond acceptors (Lipinski definition) is 4. The Bertz CT molecular complexity index is 1150. The molecule has 0 radical (unpaired) electrons.